The summed E-state index contributed by atoms with van der Waals surface area (Å²) in [5.41, 5.74) is 1.60. The number of pyridine rings is 1. The first-order chi connectivity index (χ1) is 9.27. The highest BCUT2D eigenvalue weighted by Gasteiger charge is 2.24. The second kappa shape index (κ2) is 4.97. The largest absolute Gasteiger partial charge is 0.337 e. The van der Waals surface area contributed by atoms with Crippen LogP contribution in [0.1, 0.15) is 16.8 Å². The molecule has 3 rings (SSSR count). The van der Waals surface area contributed by atoms with E-state index >= 15 is 0 Å². The summed E-state index contributed by atoms with van der Waals surface area (Å²) in [6.07, 6.45) is 2.72. The van der Waals surface area contributed by atoms with Crippen LogP contribution >= 0.6 is 0 Å². The molecule has 1 saturated heterocycles. The topological polar surface area (TPSA) is 45.2 Å². The van der Waals surface area contributed by atoms with Gasteiger partial charge in [-0.25, -0.2) is 0 Å². The summed E-state index contributed by atoms with van der Waals surface area (Å²) in [4.78, 5) is 18.8. The van der Waals surface area contributed by atoms with Crippen molar-refractivity contribution in [2.45, 2.75) is 12.5 Å². The number of para-hydroxylation sites is 1. The molecule has 1 aliphatic heterocycles. The van der Waals surface area contributed by atoms with E-state index in [1.807, 2.05) is 42.3 Å². The average Bonchev–Trinajstić information content (AvgIpc) is 2.99. The van der Waals surface area contributed by atoms with Crippen LogP contribution in [0.15, 0.2) is 36.5 Å². The standard InChI is InChI=1S/C15H17N3O/c1-18(11-6-8-16-10-11)15(19)13-7-9-17-14-5-3-2-4-12(13)14/h2-5,7,9,11,16H,6,8,10H2,1H3. The van der Waals surface area contributed by atoms with Crippen LogP contribution in [0.4, 0.5) is 0 Å². The van der Waals surface area contributed by atoms with E-state index in [9.17, 15) is 4.79 Å². The third-order valence-electron chi connectivity index (χ3n) is 3.78. The SMILES string of the molecule is CN(C(=O)c1ccnc2ccccc12)C1CCNC1. The third-order valence-corrected chi connectivity index (χ3v) is 3.78. The highest BCUT2D eigenvalue weighted by Crippen LogP contribution is 2.19. The van der Waals surface area contributed by atoms with E-state index in [2.05, 4.69) is 10.3 Å². The van der Waals surface area contributed by atoms with Gasteiger partial charge in [0.05, 0.1) is 11.1 Å². The van der Waals surface area contributed by atoms with Crippen molar-refractivity contribution in [3.8, 4) is 0 Å². The summed E-state index contributed by atoms with van der Waals surface area (Å²) < 4.78 is 0. The predicted octanol–water partition coefficient (Wildman–Crippen LogP) is 1.67. The minimum Gasteiger partial charge on any atom is -0.337 e. The molecule has 98 valence electrons. The normalized spacial score (nSPS) is 18.7. The van der Waals surface area contributed by atoms with Crippen molar-refractivity contribution in [3.05, 3.63) is 42.1 Å². The number of benzene rings is 1. The monoisotopic (exact) mass is 255 g/mol. The van der Waals surface area contributed by atoms with Crippen LogP contribution in [-0.4, -0.2) is 42.0 Å². The number of aromatic nitrogens is 1. The Kier molecular flexibility index (Phi) is 3.17. The lowest BCUT2D eigenvalue weighted by Gasteiger charge is -2.24. The second-order valence-electron chi connectivity index (χ2n) is 4.94. The first-order valence-corrected chi connectivity index (χ1v) is 6.59. The van der Waals surface area contributed by atoms with Crippen molar-refractivity contribution >= 4 is 16.8 Å². The molecular weight excluding hydrogens is 238 g/mol. The average molecular weight is 255 g/mol. The maximum absolute atomic E-state index is 12.6. The van der Waals surface area contributed by atoms with Gasteiger partial charge in [-0.15, -0.1) is 0 Å². The van der Waals surface area contributed by atoms with Gasteiger partial charge in [0.2, 0.25) is 0 Å². The summed E-state index contributed by atoms with van der Waals surface area (Å²) in [5, 5.41) is 4.21. The van der Waals surface area contributed by atoms with Crippen molar-refractivity contribution in [1.29, 1.82) is 0 Å². The Morgan fingerprint density at radius 1 is 1.37 bits per heavy atom. The molecule has 0 bridgehead atoms. The van der Waals surface area contributed by atoms with Gasteiger partial charge in [-0.2, -0.15) is 0 Å². The molecule has 0 spiro atoms. The van der Waals surface area contributed by atoms with Gasteiger partial charge in [0.25, 0.3) is 5.91 Å². The van der Waals surface area contributed by atoms with Gasteiger partial charge in [0, 0.05) is 31.2 Å². The zero-order valence-electron chi connectivity index (χ0n) is 11.0. The number of fused-ring (bicyclic) bond motifs is 1. The molecule has 2 aromatic rings. The van der Waals surface area contributed by atoms with Gasteiger partial charge < -0.3 is 10.2 Å². The van der Waals surface area contributed by atoms with E-state index < -0.39 is 0 Å². The van der Waals surface area contributed by atoms with Crippen LogP contribution < -0.4 is 5.32 Å². The summed E-state index contributed by atoms with van der Waals surface area (Å²) >= 11 is 0. The van der Waals surface area contributed by atoms with E-state index in [-0.39, 0.29) is 5.91 Å². The summed E-state index contributed by atoms with van der Waals surface area (Å²) in [5.74, 6) is 0.0762. The van der Waals surface area contributed by atoms with Crippen LogP contribution in [0.25, 0.3) is 10.9 Å². The van der Waals surface area contributed by atoms with E-state index in [0.717, 1.165) is 36.0 Å². The molecule has 1 fully saturated rings. The number of hydrogen-bond acceptors (Lipinski definition) is 3. The number of carbonyl (C=O) groups is 1. The number of rotatable bonds is 2. The Morgan fingerprint density at radius 2 is 2.21 bits per heavy atom. The van der Waals surface area contributed by atoms with Crippen molar-refractivity contribution in [2.24, 2.45) is 0 Å². The van der Waals surface area contributed by atoms with Crippen molar-refractivity contribution in [1.82, 2.24) is 15.2 Å². The Morgan fingerprint density at radius 3 is 3.00 bits per heavy atom. The first kappa shape index (κ1) is 12.1. The maximum atomic E-state index is 12.6. The number of hydrogen-bond donors (Lipinski definition) is 1. The maximum Gasteiger partial charge on any atom is 0.254 e. The molecule has 2 heterocycles. The Balaban J connectivity index is 1.97. The van der Waals surface area contributed by atoms with Gasteiger partial charge in [0.1, 0.15) is 0 Å². The lowest BCUT2D eigenvalue weighted by Crippen LogP contribution is -2.38. The van der Waals surface area contributed by atoms with Crippen LogP contribution in [-0.2, 0) is 0 Å². The molecule has 1 aromatic carbocycles. The molecular formula is C15H17N3O. The quantitative estimate of drug-likeness (QED) is 0.888. The molecule has 1 atom stereocenters. The van der Waals surface area contributed by atoms with Crippen molar-refractivity contribution < 1.29 is 4.79 Å². The molecule has 0 radical (unpaired) electrons. The zero-order chi connectivity index (χ0) is 13.2. The van der Waals surface area contributed by atoms with Gasteiger partial charge in [0.15, 0.2) is 0 Å². The van der Waals surface area contributed by atoms with E-state index in [1.54, 1.807) is 6.20 Å². The molecule has 19 heavy (non-hydrogen) atoms. The molecule has 0 aliphatic carbocycles. The first-order valence-electron chi connectivity index (χ1n) is 6.59. The number of likely N-dealkylation sites (N-methyl/N-ethyl adjacent to an activating group) is 1. The van der Waals surface area contributed by atoms with Crippen LogP contribution in [0, 0.1) is 0 Å². The minimum atomic E-state index is 0.0762. The Bertz CT molecular complexity index is 600. The van der Waals surface area contributed by atoms with Gasteiger partial charge >= 0.3 is 0 Å². The molecule has 1 amide bonds. The smallest absolute Gasteiger partial charge is 0.254 e. The predicted molar refractivity (Wildman–Crippen MR) is 75.1 cm³/mol. The molecule has 1 aliphatic rings. The fraction of sp³-hybridized carbons (Fsp3) is 0.333. The zero-order valence-corrected chi connectivity index (χ0v) is 11.0. The van der Waals surface area contributed by atoms with Crippen LogP contribution in [0.2, 0.25) is 0 Å². The molecule has 1 unspecified atom stereocenters. The van der Waals surface area contributed by atoms with Crippen molar-refractivity contribution in [2.75, 3.05) is 20.1 Å². The fourth-order valence-corrected chi connectivity index (χ4v) is 2.61. The van der Waals surface area contributed by atoms with Gasteiger partial charge in [-0.3, -0.25) is 9.78 Å². The molecule has 1 N–H and O–H groups in total. The van der Waals surface area contributed by atoms with Crippen LogP contribution in [0.3, 0.4) is 0 Å². The minimum absolute atomic E-state index is 0.0762. The number of amides is 1. The molecule has 4 nitrogen and oxygen atoms in total. The lowest BCUT2D eigenvalue weighted by molar-refractivity contribution is 0.0745. The summed E-state index contributed by atoms with van der Waals surface area (Å²) in [7, 11) is 1.88. The highest BCUT2D eigenvalue weighted by molar-refractivity contribution is 6.05. The Labute approximate surface area is 112 Å². The van der Waals surface area contributed by atoms with Gasteiger partial charge in [-0.1, -0.05) is 18.2 Å². The molecule has 0 saturated carbocycles. The number of nitrogens with zero attached hydrogens (tertiary/aromatic N) is 2. The highest BCUT2D eigenvalue weighted by atomic mass is 16.2. The second-order valence-corrected chi connectivity index (χ2v) is 4.94. The molecule has 4 heteroatoms. The van der Waals surface area contributed by atoms with Gasteiger partial charge in [-0.05, 0) is 25.1 Å². The van der Waals surface area contributed by atoms with Crippen LogP contribution in [0.5, 0.6) is 0 Å². The summed E-state index contributed by atoms with van der Waals surface area (Å²) in [6.45, 7) is 1.87. The third kappa shape index (κ3) is 2.19. The van der Waals surface area contributed by atoms with E-state index in [0.29, 0.717) is 6.04 Å². The number of carbonyl (C=O) groups excluding carboxylic acids is 1. The van der Waals surface area contributed by atoms with E-state index in [4.69, 9.17) is 0 Å². The lowest BCUT2D eigenvalue weighted by atomic mass is 10.1. The Hall–Kier alpha value is -1.94. The van der Waals surface area contributed by atoms with E-state index in [1.165, 1.54) is 0 Å². The fourth-order valence-electron chi connectivity index (χ4n) is 2.61. The summed E-state index contributed by atoms with van der Waals surface area (Å²) in [6, 6.07) is 9.87. The molecule has 1 aromatic heterocycles. The number of nitrogens with one attached hydrogen (secondary N) is 1. The van der Waals surface area contributed by atoms with Crippen molar-refractivity contribution in [3.63, 3.8) is 0 Å².